The molecular formula is C67H43N3. The largest absolute Gasteiger partial charge is 0.216 e. The number of hydrogen-bond donors (Lipinski definition) is 0. The van der Waals surface area contributed by atoms with Crippen LogP contribution in [-0.2, 0) is 25.7 Å². The van der Waals surface area contributed by atoms with Crippen molar-refractivity contribution in [2.45, 2.75) is 25.7 Å². The number of hydrogen-bond acceptors (Lipinski definition) is 3. The maximum atomic E-state index is 5.50. The van der Waals surface area contributed by atoms with E-state index in [1.807, 2.05) is 0 Å². The smallest absolute Gasteiger partial charge is 0.163 e. The molecule has 4 aliphatic rings. The van der Waals surface area contributed by atoms with Gasteiger partial charge >= 0.3 is 0 Å². The third-order valence-corrected chi connectivity index (χ3v) is 15.7. The van der Waals surface area contributed by atoms with E-state index in [9.17, 15) is 0 Å². The van der Waals surface area contributed by atoms with E-state index >= 15 is 0 Å². The number of aromatic nitrogens is 3. The van der Waals surface area contributed by atoms with E-state index in [0.717, 1.165) is 47.9 Å². The van der Waals surface area contributed by atoms with Crippen LogP contribution < -0.4 is 0 Å². The lowest BCUT2D eigenvalue weighted by atomic mass is 9.87. The maximum Gasteiger partial charge on any atom is 0.163 e. The molecule has 0 amide bonds. The van der Waals surface area contributed by atoms with Gasteiger partial charge in [-0.25, -0.2) is 15.0 Å². The van der Waals surface area contributed by atoms with Crippen LogP contribution in [0, 0.1) is 0 Å². The molecule has 0 N–H and O–H groups in total. The van der Waals surface area contributed by atoms with Crippen molar-refractivity contribution in [3.8, 4) is 112 Å². The van der Waals surface area contributed by atoms with Crippen LogP contribution in [-0.4, -0.2) is 15.0 Å². The molecule has 1 aromatic heterocycles. The van der Waals surface area contributed by atoms with Crippen molar-refractivity contribution >= 4 is 0 Å². The fraction of sp³-hybridized carbons (Fsp3) is 0.0597. The summed E-state index contributed by atoms with van der Waals surface area (Å²) in [5.74, 6) is 1.31. The van der Waals surface area contributed by atoms with Crippen molar-refractivity contribution < 1.29 is 0 Å². The Hall–Kier alpha value is -8.79. The molecule has 0 bridgehead atoms. The summed E-state index contributed by atoms with van der Waals surface area (Å²) >= 11 is 0. The Morgan fingerprint density at radius 2 is 0.514 bits per heavy atom. The van der Waals surface area contributed by atoms with Gasteiger partial charge in [-0.05, 0) is 183 Å². The maximum absolute atomic E-state index is 5.50. The van der Waals surface area contributed by atoms with Crippen molar-refractivity contribution in [2.24, 2.45) is 0 Å². The summed E-state index contributed by atoms with van der Waals surface area (Å²) in [5, 5.41) is 0. The summed E-state index contributed by atoms with van der Waals surface area (Å²) in [7, 11) is 0. The molecule has 0 radical (unpaired) electrons. The summed E-state index contributed by atoms with van der Waals surface area (Å²) in [4.78, 5) is 15.6. The monoisotopic (exact) mass is 889 g/mol. The van der Waals surface area contributed by atoms with Gasteiger partial charge in [0, 0.05) is 11.1 Å². The molecule has 4 aliphatic carbocycles. The molecule has 0 atom stereocenters. The number of nitrogens with zero attached hydrogens (tertiary/aromatic N) is 3. The number of benzene rings is 10. The average molecular weight is 890 g/mol. The summed E-state index contributed by atoms with van der Waals surface area (Å²) in [6.45, 7) is 0. The van der Waals surface area contributed by atoms with Crippen molar-refractivity contribution in [3.63, 3.8) is 0 Å². The minimum Gasteiger partial charge on any atom is -0.216 e. The quantitative estimate of drug-likeness (QED) is 0.167. The highest BCUT2D eigenvalue weighted by Crippen LogP contribution is 2.49. The Labute approximate surface area is 407 Å². The van der Waals surface area contributed by atoms with Crippen LogP contribution >= 0.6 is 0 Å². The summed E-state index contributed by atoms with van der Waals surface area (Å²) in [6.07, 6.45) is 5.31. The molecule has 0 spiro atoms. The fourth-order valence-corrected chi connectivity index (χ4v) is 12.5. The highest BCUT2D eigenvalue weighted by molar-refractivity contribution is 5.96. The van der Waals surface area contributed by atoms with Gasteiger partial charge in [0.05, 0.1) is 0 Å². The van der Waals surface area contributed by atoms with Gasteiger partial charge in [0.1, 0.15) is 6.33 Å². The molecular weight excluding hydrogens is 847 g/mol. The Morgan fingerprint density at radius 1 is 0.229 bits per heavy atom. The first kappa shape index (κ1) is 39.2. The van der Waals surface area contributed by atoms with E-state index in [0.29, 0.717) is 11.6 Å². The predicted octanol–water partition coefficient (Wildman–Crippen LogP) is 16.2. The lowest BCUT2D eigenvalue weighted by Crippen LogP contribution is -2.00. The van der Waals surface area contributed by atoms with Crippen molar-refractivity contribution in [1.29, 1.82) is 0 Å². The van der Waals surface area contributed by atoms with Crippen LogP contribution in [0.4, 0.5) is 0 Å². The molecule has 3 heteroatoms. The molecule has 11 aromatic rings. The standard InChI is InChI=1S/C67H43N3/c1-5-17-46-40(13-1)33-60-50(21-9-23-52(46)60)44-29-31-58(64(37-44)56-27-11-25-54-48-19-7-3-15-42(48)35-62(54)56)66-68-39-69-67(70-66)59-32-30-45(51-22-10-24-53-47-18-6-2-14-41(47)34-61(51)53)38-65(59)57-28-12-26-55-49-20-8-4-16-43(49)36-63(55)57/h1-32,37-39H,33-36H2. The Morgan fingerprint density at radius 3 is 0.871 bits per heavy atom. The summed E-state index contributed by atoms with van der Waals surface area (Å²) in [6, 6.07) is 76.4. The molecule has 0 aliphatic heterocycles. The lowest BCUT2D eigenvalue weighted by molar-refractivity contribution is 1.07. The van der Waals surface area contributed by atoms with Crippen LogP contribution in [0.15, 0.2) is 213 Å². The first-order valence-corrected chi connectivity index (χ1v) is 24.5. The predicted molar refractivity (Wildman–Crippen MR) is 285 cm³/mol. The normalized spacial score (nSPS) is 12.9. The van der Waals surface area contributed by atoms with Crippen molar-refractivity contribution in [1.82, 2.24) is 15.0 Å². The van der Waals surface area contributed by atoms with Gasteiger partial charge in [0.15, 0.2) is 11.6 Å². The van der Waals surface area contributed by atoms with Crippen LogP contribution in [0.3, 0.4) is 0 Å². The van der Waals surface area contributed by atoms with Gasteiger partial charge in [0.25, 0.3) is 0 Å². The zero-order chi connectivity index (χ0) is 45.9. The van der Waals surface area contributed by atoms with Gasteiger partial charge in [0.2, 0.25) is 0 Å². The summed E-state index contributed by atoms with van der Waals surface area (Å²) < 4.78 is 0. The number of rotatable bonds is 6. The molecule has 1 heterocycles. The van der Waals surface area contributed by atoms with Crippen LogP contribution in [0.25, 0.3) is 112 Å². The second-order valence-corrected chi connectivity index (χ2v) is 19.3. The molecule has 0 saturated heterocycles. The summed E-state index contributed by atoms with van der Waals surface area (Å²) in [5.41, 5.74) is 33.1. The Kier molecular flexibility index (Phi) is 8.61. The van der Waals surface area contributed by atoms with Crippen LogP contribution in [0.1, 0.15) is 44.5 Å². The number of fused-ring (bicyclic) bond motifs is 12. The first-order chi connectivity index (χ1) is 34.7. The van der Waals surface area contributed by atoms with E-state index in [1.165, 1.54) is 122 Å². The Bertz CT molecular complexity index is 3770. The molecule has 0 saturated carbocycles. The SMILES string of the molecule is c1ccc2c(c1)Cc1c(-c3ccc(-c4ncnc(-c5ccc(-c6cccc7c6Cc6ccccc6-7)cc5-c5cccc6c5Cc5ccccc5-6)n4)c(-c4cccc5c4Cc4ccccc4-5)c3)cccc1-2. The molecule has 15 rings (SSSR count). The van der Waals surface area contributed by atoms with Gasteiger partial charge < -0.3 is 0 Å². The van der Waals surface area contributed by atoms with E-state index in [1.54, 1.807) is 6.33 Å². The van der Waals surface area contributed by atoms with Gasteiger partial charge in [-0.3, -0.25) is 0 Å². The topological polar surface area (TPSA) is 38.7 Å². The fourth-order valence-electron chi connectivity index (χ4n) is 12.5. The lowest BCUT2D eigenvalue weighted by Gasteiger charge is -2.18. The van der Waals surface area contributed by atoms with Crippen molar-refractivity contribution in [2.75, 3.05) is 0 Å². The zero-order valence-corrected chi connectivity index (χ0v) is 38.4. The molecule has 326 valence electrons. The molecule has 3 nitrogen and oxygen atoms in total. The molecule has 10 aromatic carbocycles. The van der Waals surface area contributed by atoms with Crippen LogP contribution in [0.5, 0.6) is 0 Å². The van der Waals surface area contributed by atoms with E-state index in [2.05, 4.69) is 206 Å². The average Bonchev–Trinajstić information content (AvgIpc) is 4.21. The minimum absolute atomic E-state index is 0.657. The van der Waals surface area contributed by atoms with Gasteiger partial charge in [-0.15, -0.1) is 0 Å². The third kappa shape index (κ3) is 5.98. The van der Waals surface area contributed by atoms with E-state index in [-0.39, 0.29) is 0 Å². The third-order valence-electron chi connectivity index (χ3n) is 15.7. The van der Waals surface area contributed by atoms with Gasteiger partial charge in [-0.2, -0.15) is 0 Å². The van der Waals surface area contributed by atoms with Crippen molar-refractivity contribution in [3.05, 3.63) is 257 Å². The highest BCUT2D eigenvalue weighted by Gasteiger charge is 2.28. The van der Waals surface area contributed by atoms with Gasteiger partial charge in [-0.1, -0.05) is 182 Å². The molecule has 0 unspecified atom stereocenters. The second-order valence-electron chi connectivity index (χ2n) is 19.3. The Balaban J connectivity index is 0.911. The van der Waals surface area contributed by atoms with Crippen LogP contribution in [0.2, 0.25) is 0 Å². The van der Waals surface area contributed by atoms with E-state index in [4.69, 9.17) is 15.0 Å². The van der Waals surface area contributed by atoms with E-state index < -0.39 is 0 Å². The highest BCUT2D eigenvalue weighted by atomic mass is 15.0. The molecule has 0 fully saturated rings. The second kappa shape index (κ2) is 15.4. The zero-order valence-electron chi connectivity index (χ0n) is 38.4. The molecule has 70 heavy (non-hydrogen) atoms. The first-order valence-electron chi connectivity index (χ1n) is 24.5. The minimum atomic E-state index is 0.657.